The fourth-order valence-electron chi connectivity index (χ4n) is 2.25. The Morgan fingerprint density at radius 1 is 1.00 bits per heavy atom. The van der Waals surface area contributed by atoms with Crippen molar-refractivity contribution in [2.24, 2.45) is 0 Å². The number of anilines is 2. The molecule has 0 aromatic heterocycles. The van der Waals surface area contributed by atoms with Crippen molar-refractivity contribution in [3.63, 3.8) is 0 Å². The van der Waals surface area contributed by atoms with Gasteiger partial charge in [0.15, 0.2) is 0 Å². The first-order valence-electron chi connectivity index (χ1n) is 7.67. The van der Waals surface area contributed by atoms with Crippen LogP contribution in [0.2, 0.25) is 0 Å². The predicted molar refractivity (Wildman–Crippen MR) is 87.4 cm³/mol. The molecule has 0 spiro atoms. The van der Waals surface area contributed by atoms with Gasteiger partial charge in [-0.05, 0) is 37.1 Å². The van der Waals surface area contributed by atoms with Gasteiger partial charge in [0.2, 0.25) is 0 Å². The molecule has 1 aromatic carbocycles. The number of nitrogens with zero attached hydrogens (tertiary/aromatic N) is 1. The summed E-state index contributed by atoms with van der Waals surface area (Å²) in [5.41, 5.74) is 3.87. The van der Waals surface area contributed by atoms with Gasteiger partial charge in [-0.1, -0.05) is 39.0 Å². The normalized spacial score (nSPS) is 10.5. The van der Waals surface area contributed by atoms with Crippen LogP contribution in [0.25, 0.3) is 0 Å². The highest BCUT2D eigenvalue weighted by atomic mass is 15.1. The van der Waals surface area contributed by atoms with Gasteiger partial charge in [-0.25, -0.2) is 0 Å². The molecule has 0 heterocycles. The SMILES string of the molecule is CCCCCCCCNc1ccc(N(C)C)cc1C. The van der Waals surface area contributed by atoms with Gasteiger partial charge in [-0.3, -0.25) is 0 Å². The second kappa shape index (κ2) is 8.84. The lowest BCUT2D eigenvalue weighted by molar-refractivity contribution is 0.617. The van der Waals surface area contributed by atoms with Gasteiger partial charge in [0.1, 0.15) is 0 Å². The Hall–Kier alpha value is -1.18. The van der Waals surface area contributed by atoms with Crippen LogP contribution in [0.15, 0.2) is 18.2 Å². The largest absolute Gasteiger partial charge is 0.385 e. The van der Waals surface area contributed by atoms with E-state index in [-0.39, 0.29) is 0 Å². The molecule has 0 saturated carbocycles. The average molecular weight is 262 g/mol. The van der Waals surface area contributed by atoms with Gasteiger partial charge in [-0.15, -0.1) is 0 Å². The van der Waals surface area contributed by atoms with Gasteiger partial charge in [0.05, 0.1) is 0 Å². The summed E-state index contributed by atoms with van der Waals surface area (Å²) in [5.74, 6) is 0. The van der Waals surface area contributed by atoms with Gasteiger partial charge < -0.3 is 10.2 Å². The van der Waals surface area contributed by atoms with E-state index >= 15 is 0 Å². The quantitative estimate of drug-likeness (QED) is 0.641. The highest BCUT2D eigenvalue weighted by molar-refractivity contribution is 5.59. The van der Waals surface area contributed by atoms with E-state index in [4.69, 9.17) is 0 Å². The number of nitrogens with one attached hydrogen (secondary N) is 1. The molecule has 1 rings (SSSR count). The molecule has 0 fully saturated rings. The lowest BCUT2D eigenvalue weighted by Gasteiger charge is -2.16. The van der Waals surface area contributed by atoms with Gasteiger partial charge in [0, 0.05) is 32.0 Å². The molecule has 108 valence electrons. The molecule has 0 unspecified atom stereocenters. The van der Waals surface area contributed by atoms with Crippen LogP contribution in [0.5, 0.6) is 0 Å². The summed E-state index contributed by atoms with van der Waals surface area (Å²) < 4.78 is 0. The van der Waals surface area contributed by atoms with Crippen LogP contribution in [0.1, 0.15) is 51.0 Å². The first-order chi connectivity index (χ1) is 9.15. The van der Waals surface area contributed by atoms with E-state index in [1.165, 1.54) is 55.5 Å². The molecule has 2 nitrogen and oxygen atoms in total. The van der Waals surface area contributed by atoms with Gasteiger partial charge in [0.25, 0.3) is 0 Å². The molecule has 0 atom stereocenters. The number of benzene rings is 1. The van der Waals surface area contributed by atoms with Crippen molar-refractivity contribution in [1.29, 1.82) is 0 Å². The second-order valence-corrected chi connectivity index (χ2v) is 5.59. The minimum absolute atomic E-state index is 1.09. The van der Waals surface area contributed by atoms with Crippen LogP contribution in [-0.2, 0) is 0 Å². The Labute approximate surface area is 119 Å². The average Bonchev–Trinajstić information content (AvgIpc) is 2.39. The molecule has 0 radical (unpaired) electrons. The molecule has 0 bridgehead atoms. The van der Waals surface area contributed by atoms with E-state index in [1.54, 1.807) is 0 Å². The van der Waals surface area contributed by atoms with Crippen molar-refractivity contribution in [3.8, 4) is 0 Å². The number of hydrogen-bond donors (Lipinski definition) is 1. The molecular formula is C17H30N2. The zero-order chi connectivity index (χ0) is 14.1. The summed E-state index contributed by atoms with van der Waals surface area (Å²) in [4.78, 5) is 2.14. The lowest BCUT2D eigenvalue weighted by atomic mass is 10.1. The van der Waals surface area contributed by atoms with Gasteiger partial charge >= 0.3 is 0 Å². The molecule has 0 aliphatic heterocycles. The maximum absolute atomic E-state index is 3.55. The number of rotatable bonds is 9. The Morgan fingerprint density at radius 3 is 2.32 bits per heavy atom. The first kappa shape index (κ1) is 15.9. The first-order valence-corrected chi connectivity index (χ1v) is 7.67. The second-order valence-electron chi connectivity index (χ2n) is 5.59. The third-order valence-corrected chi connectivity index (χ3v) is 3.57. The van der Waals surface area contributed by atoms with Crippen molar-refractivity contribution >= 4 is 11.4 Å². The molecule has 2 heteroatoms. The summed E-state index contributed by atoms with van der Waals surface area (Å²) in [6, 6.07) is 6.61. The number of aryl methyl sites for hydroxylation is 1. The van der Waals surface area contributed by atoms with Crippen LogP contribution >= 0.6 is 0 Å². The Bertz CT molecular complexity index is 358. The molecule has 1 N–H and O–H groups in total. The minimum Gasteiger partial charge on any atom is -0.385 e. The van der Waals surface area contributed by atoms with Crippen molar-refractivity contribution in [2.75, 3.05) is 30.9 Å². The highest BCUT2D eigenvalue weighted by Gasteiger charge is 2.00. The van der Waals surface area contributed by atoms with E-state index in [0.29, 0.717) is 0 Å². The van der Waals surface area contributed by atoms with Crippen LogP contribution < -0.4 is 10.2 Å². The van der Waals surface area contributed by atoms with E-state index in [9.17, 15) is 0 Å². The Morgan fingerprint density at radius 2 is 1.68 bits per heavy atom. The maximum Gasteiger partial charge on any atom is 0.0371 e. The maximum atomic E-state index is 3.55. The third-order valence-electron chi connectivity index (χ3n) is 3.57. The smallest absolute Gasteiger partial charge is 0.0371 e. The van der Waals surface area contributed by atoms with Crippen molar-refractivity contribution in [3.05, 3.63) is 23.8 Å². The summed E-state index contributed by atoms with van der Waals surface area (Å²) in [7, 11) is 4.16. The summed E-state index contributed by atoms with van der Waals surface area (Å²) in [5, 5.41) is 3.55. The third kappa shape index (κ3) is 6.00. The van der Waals surface area contributed by atoms with E-state index in [0.717, 1.165) is 6.54 Å². The standard InChI is InChI=1S/C17H30N2/c1-5-6-7-8-9-10-13-18-17-12-11-16(19(3)4)14-15(17)2/h11-12,14,18H,5-10,13H2,1-4H3. The molecule has 0 aliphatic rings. The Kier molecular flexibility index (Phi) is 7.39. The fraction of sp³-hybridized carbons (Fsp3) is 0.647. The molecule has 19 heavy (non-hydrogen) atoms. The van der Waals surface area contributed by atoms with Crippen molar-refractivity contribution < 1.29 is 0 Å². The number of unbranched alkanes of at least 4 members (excludes halogenated alkanes) is 5. The van der Waals surface area contributed by atoms with Crippen molar-refractivity contribution in [2.45, 2.75) is 52.4 Å². The summed E-state index contributed by atoms with van der Waals surface area (Å²) in [6.07, 6.45) is 8.12. The van der Waals surface area contributed by atoms with Crippen LogP contribution in [-0.4, -0.2) is 20.6 Å². The zero-order valence-electron chi connectivity index (χ0n) is 13.1. The van der Waals surface area contributed by atoms with Crippen LogP contribution in [0, 0.1) is 6.92 Å². The van der Waals surface area contributed by atoms with E-state index < -0.39 is 0 Å². The Balaban J connectivity index is 2.26. The molecule has 0 amide bonds. The lowest BCUT2D eigenvalue weighted by Crippen LogP contribution is -2.09. The number of hydrogen-bond acceptors (Lipinski definition) is 2. The zero-order valence-corrected chi connectivity index (χ0v) is 13.1. The van der Waals surface area contributed by atoms with E-state index in [1.807, 2.05) is 0 Å². The van der Waals surface area contributed by atoms with Crippen molar-refractivity contribution in [1.82, 2.24) is 0 Å². The minimum atomic E-state index is 1.09. The fourth-order valence-corrected chi connectivity index (χ4v) is 2.25. The summed E-state index contributed by atoms with van der Waals surface area (Å²) >= 11 is 0. The van der Waals surface area contributed by atoms with Crippen LogP contribution in [0.3, 0.4) is 0 Å². The monoisotopic (exact) mass is 262 g/mol. The summed E-state index contributed by atoms with van der Waals surface area (Å²) in [6.45, 7) is 5.53. The predicted octanol–water partition coefficient (Wildman–Crippen LogP) is 4.83. The topological polar surface area (TPSA) is 15.3 Å². The molecule has 0 saturated heterocycles. The molecule has 0 aliphatic carbocycles. The van der Waals surface area contributed by atoms with Gasteiger partial charge in [-0.2, -0.15) is 0 Å². The van der Waals surface area contributed by atoms with Crippen LogP contribution in [0.4, 0.5) is 11.4 Å². The van der Waals surface area contributed by atoms with E-state index in [2.05, 4.69) is 56.4 Å². The highest BCUT2D eigenvalue weighted by Crippen LogP contribution is 2.21. The molecular weight excluding hydrogens is 232 g/mol. The molecule has 1 aromatic rings.